The number of aliphatic hydroxyl groups excluding tert-OH is 1. The van der Waals surface area contributed by atoms with Crippen LogP contribution in [0.15, 0.2) is 30.3 Å². The number of aromatic nitrogens is 1. The third-order valence-corrected chi connectivity index (χ3v) is 14.5. The van der Waals surface area contributed by atoms with Crippen LogP contribution in [0.25, 0.3) is 10.9 Å². The molecular weight excluding hydrogens is 739 g/mol. The lowest BCUT2D eigenvalue weighted by Gasteiger charge is -2.62. The molecule has 56 heavy (non-hydrogen) atoms. The van der Waals surface area contributed by atoms with Gasteiger partial charge < -0.3 is 44.6 Å². The van der Waals surface area contributed by atoms with Crippen molar-refractivity contribution in [1.29, 1.82) is 0 Å². The first-order valence-corrected chi connectivity index (χ1v) is 20.1. The maximum atomic E-state index is 15.0. The summed E-state index contributed by atoms with van der Waals surface area (Å²) < 4.78 is 30.7. The number of esters is 2. The molecule has 0 saturated carbocycles. The highest BCUT2D eigenvalue weighted by Gasteiger charge is 2.62. The maximum absolute atomic E-state index is 15.0. The van der Waals surface area contributed by atoms with Crippen molar-refractivity contribution in [2.24, 2.45) is 5.73 Å². The number of aryl methyl sites for hydroxylation is 1. The summed E-state index contributed by atoms with van der Waals surface area (Å²) in [7, 11) is 3.53. The van der Waals surface area contributed by atoms with Crippen LogP contribution in [-0.4, -0.2) is 101 Å². The second-order valence-corrected chi connectivity index (χ2v) is 17.0. The first-order valence-electron chi connectivity index (χ1n) is 19.1. The molecule has 8 atom stereocenters. The number of fused-ring (bicyclic) bond motifs is 11. The predicted octanol–water partition coefficient (Wildman–Crippen LogP) is 3.51. The Balaban J connectivity index is 1.25. The van der Waals surface area contributed by atoms with Gasteiger partial charge in [0.1, 0.15) is 18.6 Å². The third kappa shape index (κ3) is 4.75. The Labute approximate surface area is 327 Å². The van der Waals surface area contributed by atoms with Crippen molar-refractivity contribution in [2.75, 3.05) is 39.9 Å². The third-order valence-electron chi connectivity index (χ3n) is 13.0. The van der Waals surface area contributed by atoms with E-state index in [1.54, 1.807) is 7.11 Å². The van der Waals surface area contributed by atoms with Crippen molar-refractivity contribution in [3.63, 3.8) is 0 Å². The second-order valence-electron chi connectivity index (χ2n) is 15.9. The van der Waals surface area contributed by atoms with Crippen molar-refractivity contribution in [1.82, 2.24) is 20.1 Å². The molecule has 7 aliphatic rings. The van der Waals surface area contributed by atoms with E-state index in [0.717, 1.165) is 33.3 Å². The van der Waals surface area contributed by atoms with Crippen LogP contribution in [0.4, 0.5) is 0 Å². The Morgan fingerprint density at radius 3 is 2.66 bits per heavy atom. The summed E-state index contributed by atoms with van der Waals surface area (Å²) in [5, 5.41) is 28.8. The first kappa shape index (κ1) is 35.9. The van der Waals surface area contributed by atoms with E-state index in [1.807, 2.05) is 50.1 Å². The topological polar surface area (TPSA) is 181 Å². The van der Waals surface area contributed by atoms with Crippen LogP contribution in [0.2, 0.25) is 0 Å². The van der Waals surface area contributed by atoms with Gasteiger partial charge in [0.05, 0.1) is 36.2 Å². The number of thioether (sulfide) groups is 1. The van der Waals surface area contributed by atoms with Gasteiger partial charge in [-0.1, -0.05) is 24.3 Å². The summed E-state index contributed by atoms with van der Waals surface area (Å²) in [6, 6.07) is 7.66. The highest BCUT2D eigenvalue weighted by atomic mass is 32.2. The number of phenolic OH excluding ortho intramolecular Hbond substituents is 1. The predicted molar refractivity (Wildman–Crippen MR) is 206 cm³/mol. The number of nitrogens with zero attached hydrogens (tertiary/aromatic N) is 2. The highest BCUT2D eigenvalue weighted by Crippen LogP contribution is 2.64. The van der Waals surface area contributed by atoms with E-state index in [4.69, 9.17) is 29.4 Å². The SMILES string of the molecule is COc1c(C)cc2c(c1O)[C@@H]1[C@@H]3[C@@H]4SC[C@]5(N[C@@H](CN)Cc6c5[nH]c5ccccc65)C(=O)OC[C@@H](c5c6c(c(C)c(OC(C)=O)c54)OCO6)N3[C@@H](O)[C@H](C2)N1C. The fourth-order valence-corrected chi connectivity index (χ4v) is 12.4. The number of piperazine rings is 1. The van der Waals surface area contributed by atoms with Crippen LogP contribution in [0.1, 0.15) is 68.9 Å². The minimum atomic E-state index is -1.34. The fraction of sp³-hybridized carbons (Fsp3) is 0.463. The Bertz CT molecular complexity index is 2350. The number of rotatable bonds is 3. The van der Waals surface area contributed by atoms with Crippen LogP contribution in [0, 0.1) is 13.8 Å². The van der Waals surface area contributed by atoms with Gasteiger partial charge in [0.2, 0.25) is 6.79 Å². The molecule has 0 radical (unpaired) electrons. The van der Waals surface area contributed by atoms with Crippen LogP contribution in [-0.2, 0) is 32.7 Å². The summed E-state index contributed by atoms with van der Waals surface area (Å²) in [4.78, 5) is 35.7. The number of aromatic amines is 1. The number of aromatic hydroxyl groups is 1. The quantitative estimate of drug-likeness (QED) is 0.151. The molecular formula is C41H45N5O9S. The van der Waals surface area contributed by atoms with Gasteiger partial charge in [-0.25, -0.2) is 4.79 Å². The molecule has 15 heteroatoms. The van der Waals surface area contributed by atoms with Gasteiger partial charge >= 0.3 is 11.9 Å². The van der Waals surface area contributed by atoms with E-state index in [-0.39, 0.29) is 37.0 Å². The van der Waals surface area contributed by atoms with E-state index in [0.29, 0.717) is 64.6 Å². The summed E-state index contributed by atoms with van der Waals surface area (Å²) in [5.74, 6) is 0.933. The van der Waals surface area contributed by atoms with E-state index in [1.165, 1.54) is 18.7 Å². The van der Waals surface area contributed by atoms with E-state index < -0.39 is 47.1 Å². The lowest BCUT2D eigenvalue weighted by atomic mass is 9.73. The molecule has 1 spiro atoms. The molecule has 3 aromatic carbocycles. The van der Waals surface area contributed by atoms with Crippen LogP contribution < -0.4 is 30.0 Å². The normalized spacial score (nSPS) is 30.3. The van der Waals surface area contributed by atoms with Crippen LogP contribution in [0.3, 0.4) is 0 Å². The van der Waals surface area contributed by atoms with Gasteiger partial charge in [-0.15, -0.1) is 11.8 Å². The lowest BCUT2D eigenvalue weighted by molar-refractivity contribution is -0.186. The largest absolute Gasteiger partial charge is 0.504 e. The molecule has 4 bridgehead atoms. The number of benzene rings is 3. The lowest BCUT2D eigenvalue weighted by Crippen LogP contribution is -2.70. The zero-order valence-corrected chi connectivity index (χ0v) is 32.6. The standard InChI is InChI=1S/C41H45N5O9S/c1-17-10-20-11-25-39(49)46-26-14-52-40(50)41(38-23(12-21(13-42)44-41)22-8-6-7-9-24(22)43-38)15-56-37(31(46)30(45(25)4)27(20)32(48)33(17)51-5)29-28(26)36-35(53-16-54-36)18(2)34(29)55-19(3)47/h6-10,21,25-26,30-31,37,39,43-44,48-49H,11-16,42H2,1-5H3/t21-,25+,26+,30-,31-,37-,39+,41-/m1/s1. The Kier molecular flexibility index (Phi) is 8.17. The van der Waals surface area contributed by atoms with Crippen molar-refractivity contribution in [3.05, 3.63) is 75.0 Å². The van der Waals surface area contributed by atoms with Gasteiger partial charge in [-0.3, -0.25) is 19.9 Å². The van der Waals surface area contributed by atoms with Gasteiger partial charge in [-0.05, 0) is 56.5 Å². The number of methoxy groups -OCH3 is 1. The molecule has 6 N–H and O–H groups in total. The van der Waals surface area contributed by atoms with Gasteiger partial charge in [0.15, 0.2) is 28.5 Å². The molecule has 0 amide bonds. The van der Waals surface area contributed by atoms with Crippen molar-refractivity contribution in [2.45, 2.75) is 80.8 Å². The zero-order valence-electron chi connectivity index (χ0n) is 31.8. The minimum Gasteiger partial charge on any atom is -0.504 e. The number of nitrogens with one attached hydrogen (secondary N) is 2. The first-order chi connectivity index (χ1) is 27.0. The number of phenols is 1. The minimum absolute atomic E-state index is 0.0481. The average molecular weight is 784 g/mol. The number of carbonyl (C=O) groups is 2. The maximum Gasteiger partial charge on any atom is 0.333 e. The number of nitrogens with two attached hydrogens (primary N) is 1. The fourth-order valence-electron chi connectivity index (χ4n) is 10.7. The molecule has 1 aromatic heterocycles. The van der Waals surface area contributed by atoms with E-state index in [9.17, 15) is 19.8 Å². The number of hydrogen-bond acceptors (Lipinski definition) is 14. The number of ether oxygens (including phenoxy) is 5. The van der Waals surface area contributed by atoms with Gasteiger partial charge in [-0.2, -0.15) is 0 Å². The number of aliphatic hydroxyl groups is 1. The van der Waals surface area contributed by atoms with Crippen LogP contribution >= 0.6 is 11.8 Å². The zero-order chi connectivity index (χ0) is 38.9. The summed E-state index contributed by atoms with van der Waals surface area (Å²) >= 11 is 1.51. The number of carbonyl (C=O) groups excluding carboxylic acids is 2. The molecule has 0 aliphatic carbocycles. The summed E-state index contributed by atoms with van der Waals surface area (Å²) in [6.07, 6.45) is 0.0553. The molecule has 2 saturated heterocycles. The highest BCUT2D eigenvalue weighted by molar-refractivity contribution is 7.99. The number of para-hydroxylation sites is 1. The average Bonchev–Trinajstić information content (AvgIpc) is 3.82. The molecule has 7 aliphatic heterocycles. The molecule has 8 heterocycles. The Hall–Kier alpha value is -4.51. The Morgan fingerprint density at radius 2 is 1.89 bits per heavy atom. The van der Waals surface area contributed by atoms with E-state index in [2.05, 4.69) is 21.3 Å². The molecule has 294 valence electrons. The number of H-pyrrole nitrogens is 1. The van der Waals surface area contributed by atoms with Crippen molar-refractivity contribution < 1.29 is 43.5 Å². The molecule has 4 aromatic rings. The summed E-state index contributed by atoms with van der Waals surface area (Å²) in [6.45, 7) is 5.20. The molecule has 14 nitrogen and oxygen atoms in total. The van der Waals surface area contributed by atoms with Gasteiger partial charge in [0, 0.05) is 64.5 Å². The Morgan fingerprint density at radius 1 is 1.11 bits per heavy atom. The smallest absolute Gasteiger partial charge is 0.333 e. The molecule has 11 rings (SSSR count). The summed E-state index contributed by atoms with van der Waals surface area (Å²) in [5.41, 5.74) is 12.1. The van der Waals surface area contributed by atoms with Crippen LogP contribution in [0.5, 0.6) is 28.7 Å². The number of hydrogen-bond donors (Lipinski definition) is 5. The van der Waals surface area contributed by atoms with Gasteiger partial charge in [0.25, 0.3) is 0 Å². The second kappa shape index (κ2) is 12.7. The van der Waals surface area contributed by atoms with E-state index >= 15 is 0 Å². The number of likely N-dealkylation sites (N-methyl/N-ethyl adjacent to an activating group) is 1. The van der Waals surface area contributed by atoms with Crippen molar-refractivity contribution >= 4 is 34.6 Å². The monoisotopic (exact) mass is 783 g/mol. The molecule has 2 fully saturated rings. The van der Waals surface area contributed by atoms with Crippen molar-refractivity contribution in [3.8, 4) is 28.7 Å². The molecule has 0 unspecified atom stereocenters.